The molecule has 0 spiro atoms. The zero-order valence-corrected chi connectivity index (χ0v) is 11.1. The van der Waals surface area contributed by atoms with Crippen molar-refractivity contribution in [2.45, 2.75) is 18.9 Å². The van der Waals surface area contributed by atoms with Crippen LogP contribution in [0.15, 0.2) is 24.3 Å². The number of ether oxygens (including phenoxy) is 2. The van der Waals surface area contributed by atoms with E-state index in [1.165, 1.54) is 0 Å². The van der Waals surface area contributed by atoms with Crippen molar-refractivity contribution in [2.75, 3.05) is 37.5 Å². The van der Waals surface area contributed by atoms with Crippen molar-refractivity contribution in [1.82, 2.24) is 0 Å². The summed E-state index contributed by atoms with van der Waals surface area (Å²) >= 11 is 0. The van der Waals surface area contributed by atoms with Crippen LogP contribution in [-0.4, -0.2) is 38.9 Å². The van der Waals surface area contributed by atoms with E-state index in [-0.39, 0.29) is 12.0 Å². The summed E-state index contributed by atoms with van der Waals surface area (Å²) in [5.74, 6) is -0.0578. The minimum atomic E-state index is -0.292. The smallest absolute Gasteiger partial charge is 0.253 e. The van der Waals surface area contributed by atoms with Gasteiger partial charge in [0, 0.05) is 31.6 Å². The first kappa shape index (κ1) is 13.8. The summed E-state index contributed by atoms with van der Waals surface area (Å²) in [6.07, 6.45) is 1.47. The van der Waals surface area contributed by atoms with E-state index in [9.17, 15) is 4.79 Å². The summed E-state index contributed by atoms with van der Waals surface area (Å²) in [6.45, 7) is 2.11. The van der Waals surface area contributed by atoms with Gasteiger partial charge in [-0.1, -0.05) is 0 Å². The number of methoxy groups -OCH3 is 1. The van der Waals surface area contributed by atoms with E-state index >= 15 is 0 Å². The second-order valence-electron chi connectivity index (χ2n) is 4.49. The molecular weight excluding hydrogens is 244 g/mol. The number of amides is 1. The van der Waals surface area contributed by atoms with Crippen LogP contribution < -0.4 is 10.6 Å². The number of rotatable bonds is 6. The molecule has 5 heteroatoms. The summed E-state index contributed by atoms with van der Waals surface area (Å²) in [5.41, 5.74) is 1.80. The molecule has 1 saturated heterocycles. The summed E-state index contributed by atoms with van der Waals surface area (Å²) in [5, 5.41) is 6.08. The zero-order chi connectivity index (χ0) is 13.5. The van der Waals surface area contributed by atoms with Gasteiger partial charge in [0.1, 0.15) is 6.10 Å². The molecule has 1 aliphatic heterocycles. The average Bonchev–Trinajstić information content (AvgIpc) is 2.95. The molecule has 1 aromatic carbocycles. The highest BCUT2D eigenvalue weighted by atomic mass is 16.5. The molecule has 1 fully saturated rings. The van der Waals surface area contributed by atoms with Gasteiger partial charge in [-0.05, 0) is 37.1 Å². The quantitative estimate of drug-likeness (QED) is 0.770. The fourth-order valence-electron chi connectivity index (χ4n) is 1.98. The van der Waals surface area contributed by atoms with Gasteiger partial charge in [0.15, 0.2) is 0 Å². The topological polar surface area (TPSA) is 59.6 Å². The predicted octanol–water partition coefficient (Wildman–Crippen LogP) is 1.86. The Morgan fingerprint density at radius 2 is 2.11 bits per heavy atom. The third-order valence-electron chi connectivity index (χ3n) is 3.01. The lowest BCUT2D eigenvalue weighted by Crippen LogP contribution is -2.26. The Balaban J connectivity index is 1.82. The molecule has 0 radical (unpaired) electrons. The lowest BCUT2D eigenvalue weighted by Gasteiger charge is -2.11. The normalized spacial score (nSPS) is 18.3. The van der Waals surface area contributed by atoms with E-state index in [2.05, 4.69) is 10.6 Å². The fourth-order valence-corrected chi connectivity index (χ4v) is 1.98. The first-order chi connectivity index (χ1) is 9.29. The van der Waals surface area contributed by atoms with E-state index < -0.39 is 0 Å². The molecule has 1 aliphatic rings. The molecule has 1 aromatic rings. The summed E-state index contributed by atoms with van der Waals surface area (Å²) in [4.78, 5) is 11.8. The van der Waals surface area contributed by atoms with Crippen molar-refractivity contribution >= 4 is 17.3 Å². The van der Waals surface area contributed by atoms with Crippen molar-refractivity contribution in [3.8, 4) is 0 Å². The first-order valence-electron chi connectivity index (χ1n) is 6.55. The Labute approximate surface area is 113 Å². The molecule has 1 amide bonds. The Kier molecular flexibility index (Phi) is 5.18. The van der Waals surface area contributed by atoms with Gasteiger partial charge in [0.25, 0.3) is 5.91 Å². The average molecular weight is 264 g/mol. The first-order valence-corrected chi connectivity index (χ1v) is 6.55. The molecule has 104 valence electrons. The highest BCUT2D eigenvalue weighted by Gasteiger charge is 2.23. The Bertz CT molecular complexity index is 400. The van der Waals surface area contributed by atoms with Gasteiger partial charge in [-0.2, -0.15) is 0 Å². The third-order valence-corrected chi connectivity index (χ3v) is 3.01. The summed E-state index contributed by atoms with van der Waals surface area (Å²) in [6, 6.07) is 7.62. The number of hydrogen-bond donors (Lipinski definition) is 2. The molecule has 2 N–H and O–H groups in total. The molecule has 1 unspecified atom stereocenters. The van der Waals surface area contributed by atoms with Crippen molar-refractivity contribution in [3.05, 3.63) is 24.3 Å². The number of nitrogens with one attached hydrogen (secondary N) is 2. The van der Waals surface area contributed by atoms with Gasteiger partial charge in [-0.25, -0.2) is 0 Å². The van der Waals surface area contributed by atoms with Crippen LogP contribution in [0.4, 0.5) is 11.4 Å². The molecular formula is C14H20N2O3. The molecule has 2 rings (SSSR count). The largest absolute Gasteiger partial charge is 0.383 e. The van der Waals surface area contributed by atoms with Crippen molar-refractivity contribution < 1.29 is 14.3 Å². The van der Waals surface area contributed by atoms with Crippen LogP contribution in [0.1, 0.15) is 12.8 Å². The number of carbonyl (C=O) groups is 1. The van der Waals surface area contributed by atoms with E-state index in [1.807, 2.05) is 24.3 Å². The van der Waals surface area contributed by atoms with Crippen LogP contribution in [0.5, 0.6) is 0 Å². The number of benzene rings is 1. The molecule has 5 nitrogen and oxygen atoms in total. The van der Waals surface area contributed by atoms with E-state index in [0.29, 0.717) is 13.2 Å². The van der Waals surface area contributed by atoms with Crippen molar-refractivity contribution in [1.29, 1.82) is 0 Å². The van der Waals surface area contributed by atoms with Gasteiger partial charge in [-0.15, -0.1) is 0 Å². The van der Waals surface area contributed by atoms with Crippen molar-refractivity contribution in [2.24, 2.45) is 0 Å². The molecule has 0 aliphatic carbocycles. The van der Waals surface area contributed by atoms with Crippen LogP contribution in [0.25, 0.3) is 0 Å². The number of hydrogen-bond acceptors (Lipinski definition) is 4. The summed E-state index contributed by atoms with van der Waals surface area (Å²) in [7, 11) is 1.67. The second-order valence-corrected chi connectivity index (χ2v) is 4.49. The molecule has 19 heavy (non-hydrogen) atoms. The van der Waals surface area contributed by atoms with E-state index in [0.717, 1.165) is 30.8 Å². The van der Waals surface area contributed by atoms with E-state index in [4.69, 9.17) is 9.47 Å². The highest BCUT2D eigenvalue weighted by molar-refractivity contribution is 5.94. The van der Waals surface area contributed by atoms with Gasteiger partial charge >= 0.3 is 0 Å². The van der Waals surface area contributed by atoms with Crippen molar-refractivity contribution in [3.63, 3.8) is 0 Å². The maximum atomic E-state index is 11.8. The maximum absolute atomic E-state index is 11.8. The molecule has 0 saturated carbocycles. The monoisotopic (exact) mass is 264 g/mol. The van der Waals surface area contributed by atoms with Crippen LogP contribution in [0.2, 0.25) is 0 Å². The number of anilines is 2. The minimum absolute atomic E-state index is 0.0578. The Morgan fingerprint density at radius 1 is 1.37 bits per heavy atom. The molecule has 0 bridgehead atoms. The predicted molar refractivity (Wildman–Crippen MR) is 74.4 cm³/mol. The lowest BCUT2D eigenvalue weighted by atomic mass is 10.2. The fraction of sp³-hybridized carbons (Fsp3) is 0.500. The molecule has 1 heterocycles. The summed E-state index contributed by atoms with van der Waals surface area (Å²) < 4.78 is 10.3. The molecule has 0 aromatic heterocycles. The second kappa shape index (κ2) is 7.11. The van der Waals surface area contributed by atoms with Gasteiger partial charge in [-0.3, -0.25) is 4.79 Å². The Hall–Kier alpha value is -1.59. The van der Waals surface area contributed by atoms with Crippen LogP contribution in [0.3, 0.4) is 0 Å². The molecule has 1 atom stereocenters. The standard InChI is InChI=1S/C14H20N2O3/c1-18-10-8-15-11-4-6-12(7-5-11)16-14(17)13-3-2-9-19-13/h4-7,13,15H,2-3,8-10H2,1H3,(H,16,17). The SMILES string of the molecule is COCCNc1ccc(NC(=O)C2CCCO2)cc1. The third kappa shape index (κ3) is 4.22. The lowest BCUT2D eigenvalue weighted by molar-refractivity contribution is -0.124. The van der Waals surface area contributed by atoms with Crippen LogP contribution >= 0.6 is 0 Å². The van der Waals surface area contributed by atoms with Gasteiger partial charge in [0.05, 0.1) is 6.61 Å². The van der Waals surface area contributed by atoms with Gasteiger partial charge < -0.3 is 20.1 Å². The van der Waals surface area contributed by atoms with Gasteiger partial charge in [0.2, 0.25) is 0 Å². The van der Waals surface area contributed by atoms with E-state index in [1.54, 1.807) is 7.11 Å². The zero-order valence-electron chi connectivity index (χ0n) is 11.1. The minimum Gasteiger partial charge on any atom is -0.383 e. The maximum Gasteiger partial charge on any atom is 0.253 e. The number of carbonyl (C=O) groups excluding carboxylic acids is 1. The van der Waals surface area contributed by atoms with Crippen LogP contribution in [0, 0.1) is 0 Å². The van der Waals surface area contributed by atoms with Crippen LogP contribution in [-0.2, 0) is 14.3 Å². The highest BCUT2D eigenvalue weighted by Crippen LogP contribution is 2.17. The Morgan fingerprint density at radius 3 is 2.74 bits per heavy atom.